The molecule has 26 heavy (non-hydrogen) atoms. The topological polar surface area (TPSA) is 185 Å². The van der Waals surface area contributed by atoms with Crippen LogP contribution in [0.1, 0.15) is 41.0 Å². The summed E-state index contributed by atoms with van der Waals surface area (Å²) in [6.45, 7) is 4.27. The van der Waals surface area contributed by atoms with Crippen LogP contribution in [0.5, 0.6) is 0 Å². The molecule has 0 amide bonds. The lowest BCUT2D eigenvalue weighted by Crippen LogP contribution is -2.85. The van der Waals surface area contributed by atoms with Gasteiger partial charge in [0.2, 0.25) is 0 Å². The number of aliphatic hydroxyl groups is 6. The minimum absolute atomic E-state index is 0.634. The van der Waals surface area contributed by atoms with E-state index in [1.807, 2.05) is 0 Å². The third-order valence-electron chi connectivity index (χ3n) is 5.96. The van der Waals surface area contributed by atoms with Crippen LogP contribution in [0.3, 0.4) is 0 Å². The number of carbonyl (C=O) groups excluding carboxylic acids is 1. The summed E-state index contributed by atoms with van der Waals surface area (Å²) in [6, 6.07) is 0. The molecule has 3 unspecified atom stereocenters. The second kappa shape index (κ2) is 6.48. The van der Waals surface area contributed by atoms with E-state index in [0.717, 1.165) is 34.6 Å². The quantitative estimate of drug-likeness (QED) is 0.265. The van der Waals surface area contributed by atoms with E-state index in [2.05, 4.69) is 0 Å². The molecule has 0 saturated carbocycles. The number of aliphatic hydroxyl groups excluding tert-OH is 3. The Hall–Kier alpha value is -1.14. The van der Waals surface area contributed by atoms with Crippen LogP contribution in [-0.4, -0.2) is 88.9 Å². The average molecular weight is 380 g/mol. The van der Waals surface area contributed by atoms with Crippen LogP contribution in [0.15, 0.2) is 0 Å². The maximum atomic E-state index is 11.8. The van der Waals surface area contributed by atoms with Gasteiger partial charge in [-0.1, -0.05) is 13.8 Å². The van der Waals surface area contributed by atoms with Gasteiger partial charge in [0.25, 0.3) is 5.79 Å². The van der Waals surface area contributed by atoms with E-state index >= 15 is 0 Å². The molecule has 0 aromatic carbocycles. The summed E-state index contributed by atoms with van der Waals surface area (Å²) in [6.07, 6.45) is -4.87. The molecule has 10 heteroatoms. The molecule has 0 spiro atoms. The highest BCUT2D eigenvalue weighted by Gasteiger charge is 2.79. The van der Waals surface area contributed by atoms with E-state index in [0.29, 0.717) is 0 Å². The Balaban J connectivity index is 3.84. The smallest absolute Gasteiger partial charge is 0.364 e. The van der Waals surface area contributed by atoms with E-state index in [1.54, 1.807) is 0 Å². The summed E-state index contributed by atoms with van der Waals surface area (Å²) in [7, 11) is 0. The molecule has 1 rings (SSSR count). The zero-order valence-corrected chi connectivity index (χ0v) is 15.4. The summed E-state index contributed by atoms with van der Waals surface area (Å²) in [4.78, 5) is 23.5. The first kappa shape index (κ1) is 22.9. The Bertz CT molecular complexity index is 588. The van der Waals surface area contributed by atoms with Crippen LogP contribution in [0.25, 0.3) is 0 Å². The largest absolute Gasteiger partial charge is 0.477 e. The van der Waals surface area contributed by atoms with Crippen LogP contribution in [0, 0.1) is 5.41 Å². The van der Waals surface area contributed by atoms with E-state index in [4.69, 9.17) is 9.84 Å². The molecule has 1 saturated heterocycles. The predicted molar refractivity (Wildman–Crippen MR) is 85.8 cm³/mol. The molecule has 7 N–H and O–H groups in total. The monoisotopic (exact) mass is 380 g/mol. The van der Waals surface area contributed by atoms with Gasteiger partial charge in [0.1, 0.15) is 34.8 Å². The number of carboxylic acid groups (broad SMARTS) is 1. The van der Waals surface area contributed by atoms with Crippen LogP contribution < -0.4 is 0 Å². The maximum Gasteiger partial charge on any atom is 0.364 e. The molecule has 152 valence electrons. The van der Waals surface area contributed by atoms with Crippen molar-refractivity contribution in [2.24, 2.45) is 5.41 Å². The van der Waals surface area contributed by atoms with Gasteiger partial charge in [-0.3, -0.25) is 4.79 Å². The summed E-state index contributed by atoms with van der Waals surface area (Å²) in [5.41, 5.74) is -9.75. The number of Topliss-reactive ketones (excluding diaryl/α,β-unsaturated/α-hetero) is 1. The van der Waals surface area contributed by atoms with Crippen molar-refractivity contribution in [1.82, 2.24) is 0 Å². The van der Waals surface area contributed by atoms with Gasteiger partial charge < -0.3 is 40.5 Å². The first-order chi connectivity index (χ1) is 11.5. The first-order valence-electron chi connectivity index (χ1n) is 8.03. The van der Waals surface area contributed by atoms with Crippen LogP contribution in [0.4, 0.5) is 0 Å². The van der Waals surface area contributed by atoms with E-state index < -0.39 is 65.0 Å². The molecular formula is C16H28O10. The fraction of sp³-hybridized carbons (Fsp3) is 0.875. The Morgan fingerprint density at radius 3 is 1.85 bits per heavy atom. The van der Waals surface area contributed by atoms with Crippen molar-refractivity contribution in [2.45, 2.75) is 75.8 Å². The number of ether oxygens (including phenoxy) is 1. The first-order valence-corrected chi connectivity index (χ1v) is 8.03. The summed E-state index contributed by atoms with van der Waals surface area (Å²) in [5.74, 6) is -5.65. The van der Waals surface area contributed by atoms with Gasteiger partial charge in [-0.2, -0.15) is 0 Å². The zero-order chi connectivity index (χ0) is 20.9. The van der Waals surface area contributed by atoms with Gasteiger partial charge >= 0.3 is 5.97 Å². The second-order valence-corrected chi connectivity index (χ2v) is 7.79. The number of hydrogen-bond donors (Lipinski definition) is 7. The fourth-order valence-corrected chi connectivity index (χ4v) is 3.64. The normalized spacial score (nSPS) is 42.1. The SMILES string of the molecule is CC(=O)C[C@@]1(O)C(C)(C(O)C(O)CO)O[C@](O)(C(=O)O)C(C)(C)[C@@]1(C)O. The van der Waals surface area contributed by atoms with Gasteiger partial charge in [-0.25, -0.2) is 4.79 Å². The van der Waals surface area contributed by atoms with Crippen molar-refractivity contribution in [3.8, 4) is 0 Å². The molecule has 0 bridgehead atoms. The van der Waals surface area contributed by atoms with E-state index in [-0.39, 0.29) is 0 Å². The Morgan fingerprint density at radius 2 is 1.50 bits per heavy atom. The molecule has 0 radical (unpaired) electrons. The van der Waals surface area contributed by atoms with Crippen molar-refractivity contribution in [3.05, 3.63) is 0 Å². The predicted octanol–water partition coefficient (Wildman–Crippen LogP) is -2.25. The maximum absolute atomic E-state index is 11.8. The van der Waals surface area contributed by atoms with Crippen molar-refractivity contribution in [3.63, 3.8) is 0 Å². The molecule has 0 aliphatic carbocycles. The molecule has 1 aliphatic heterocycles. The van der Waals surface area contributed by atoms with E-state index in [1.165, 1.54) is 0 Å². The number of carbonyl (C=O) groups is 2. The van der Waals surface area contributed by atoms with Crippen molar-refractivity contribution in [1.29, 1.82) is 0 Å². The van der Waals surface area contributed by atoms with Gasteiger partial charge in [-0.15, -0.1) is 0 Å². The third-order valence-corrected chi connectivity index (χ3v) is 5.96. The molecule has 0 aromatic rings. The molecule has 1 fully saturated rings. The van der Waals surface area contributed by atoms with Gasteiger partial charge in [0, 0.05) is 6.42 Å². The van der Waals surface area contributed by atoms with E-state index in [9.17, 15) is 40.2 Å². The lowest BCUT2D eigenvalue weighted by atomic mass is 9.52. The van der Waals surface area contributed by atoms with Gasteiger partial charge in [-0.05, 0) is 20.8 Å². The molecule has 10 nitrogen and oxygen atoms in total. The third kappa shape index (κ3) is 2.68. The number of aliphatic carboxylic acids is 1. The Labute approximate surface area is 150 Å². The standard InChI is InChI=1S/C16H28O10/c1-8(18)6-15(24)13(4,10(20)9(19)7-17)26-16(25,11(21)22)12(2,3)14(15,5)23/h9-10,17,19-20,23-25H,6-7H2,1-5H3,(H,21,22)/t9?,10?,13?,14-,15-,16-/m1/s1. The van der Waals surface area contributed by atoms with Crippen LogP contribution in [-0.2, 0) is 14.3 Å². The van der Waals surface area contributed by atoms with Crippen LogP contribution in [0.2, 0.25) is 0 Å². The van der Waals surface area contributed by atoms with Gasteiger partial charge in [0.05, 0.1) is 12.0 Å². The van der Waals surface area contributed by atoms with Crippen molar-refractivity contribution in [2.75, 3.05) is 6.61 Å². The highest BCUT2D eigenvalue weighted by Crippen LogP contribution is 2.59. The molecule has 1 aliphatic rings. The highest BCUT2D eigenvalue weighted by molar-refractivity contribution is 5.79. The molecular weight excluding hydrogens is 352 g/mol. The molecule has 1 heterocycles. The molecule has 0 aromatic heterocycles. The van der Waals surface area contributed by atoms with Crippen molar-refractivity contribution < 1.29 is 50.1 Å². The Morgan fingerprint density at radius 1 is 1.04 bits per heavy atom. The lowest BCUT2D eigenvalue weighted by Gasteiger charge is -2.66. The summed E-state index contributed by atoms with van der Waals surface area (Å²) in [5, 5.41) is 72.0. The van der Waals surface area contributed by atoms with Crippen molar-refractivity contribution >= 4 is 11.8 Å². The fourth-order valence-electron chi connectivity index (χ4n) is 3.64. The summed E-state index contributed by atoms with van der Waals surface area (Å²) >= 11 is 0. The number of ketones is 1. The Kier molecular flexibility index (Phi) is 5.71. The number of carboxylic acids is 1. The number of hydrogen-bond acceptors (Lipinski definition) is 9. The van der Waals surface area contributed by atoms with Gasteiger partial charge in [0.15, 0.2) is 0 Å². The van der Waals surface area contributed by atoms with Crippen LogP contribution >= 0.6 is 0 Å². The minimum Gasteiger partial charge on any atom is -0.477 e. The average Bonchev–Trinajstić information content (AvgIpc) is 2.50. The summed E-state index contributed by atoms with van der Waals surface area (Å²) < 4.78 is 5.25. The highest BCUT2D eigenvalue weighted by atomic mass is 16.7. The number of rotatable bonds is 6. The lowest BCUT2D eigenvalue weighted by molar-refractivity contribution is -0.442. The minimum atomic E-state index is -3.11. The zero-order valence-electron chi connectivity index (χ0n) is 15.4. The second-order valence-electron chi connectivity index (χ2n) is 7.79. The molecule has 6 atom stereocenters.